The molecule has 1 unspecified atom stereocenters. The highest BCUT2D eigenvalue weighted by Gasteiger charge is 2.43. The Kier molecular flexibility index (Phi) is 5.17. The summed E-state index contributed by atoms with van der Waals surface area (Å²) < 4.78 is 5.49. The van der Waals surface area contributed by atoms with Crippen molar-refractivity contribution in [2.75, 3.05) is 39.2 Å². The standard InChI is InChI=1S/C22H28N4O3/c1-25(2)21-23-12-16-7-9-22(19(16)24-21)8-4-10-26(14-22)13-17-11-15(20(27)28)5-6-18(17)29-3/h5-6,11-12H,4,7-10,13-14H2,1-3H3,(H,27,28). The fraction of sp³-hybridized carbons (Fsp3) is 0.500. The molecule has 0 bridgehead atoms. The number of piperidine rings is 1. The SMILES string of the molecule is COc1ccc(C(=O)O)cc1CN1CCCC2(CCc3cnc(N(C)C)nc32)C1. The van der Waals surface area contributed by atoms with Crippen molar-refractivity contribution < 1.29 is 14.6 Å². The van der Waals surface area contributed by atoms with Gasteiger partial charge >= 0.3 is 5.97 Å². The van der Waals surface area contributed by atoms with E-state index in [-0.39, 0.29) is 5.41 Å². The van der Waals surface area contributed by atoms with E-state index >= 15 is 0 Å². The van der Waals surface area contributed by atoms with Crippen LogP contribution in [0.1, 0.15) is 46.4 Å². The number of hydrogen-bond donors (Lipinski definition) is 1. The van der Waals surface area contributed by atoms with Gasteiger partial charge in [0.15, 0.2) is 0 Å². The van der Waals surface area contributed by atoms with Crippen molar-refractivity contribution in [3.05, 3.63) is 46.8 Å². The predicted molar refractivity (Wildman–Crippen MR) is 111 cm³/mol. The Balaban J connectivity index is 1.60. The highest BCUT2D eigenvalue weighted by Crippen LogP contribution is 2.44. The van der Waals surface area contributed by atoms with Crippen LogP contribution in [0.25, 0.3) is 0 Å². The predicted octanol–water partition coefficient (Wildman–Crippen LogP) is 2.73. The zero-order chi connectivity index (χ0) is 20.6. The van der Waals surface area contributed by atoms with Crippen LogP contribution in [0, 0.1) is 0 Å². The molecule has 1 N–H and O–H groups in total. The number of carboxylic acid groups (broad SMARTS) is 1. The van der Waals surface area contributed by atoms with Crippen molar-refractivity contribution in [2.45, 2.75) is 37.6 Å². The highest BCUT2D eigenvalue weighted by molar-refractivity contribution is 5.88. The zero-order valence-electron chi connectivity index (χ0n) is 17.3. The van der Waals surface area contributed by atoms with Gasteiger partial charge < -0.3 is 14.7 Å². The Bertz CT molecular complexity index is 926. The molecule has 2 aliphatic rings. The van der Waals surface area contributed by atoms with E-state index in [0.29, 0.717) is 12.1 Å². The number of aromatic carboxylic acids is 1. The first-order valence-corrected chi connectivity index (χ1v) is 10.1. The maximum Gasteiger partial charge on any atom is 0.335 e. The number of carboxylic acids is 1. The average molecular weight is 396 g/mol. The summed E-state index contributed by atoms with van der Waals surface area (Å²) in [6, 6.07) is 5.08. The number of benzene rings is 1. The lowest BCUT2D eigenvalue weighted by molar-refractivity contribution is 0.0696. The summed E-state index contributed by atoms with van der Waals surface area (Å²) in [4.78, 5) is 25.2. The Morgan fingerprint density at radius 2 is 2.17 bits per heavy atom. The third kappa shape index (κ3) is 3.67. The minimum Gasteiger partial charge on any atom is -0.496 e. The molecule has 1 aromatic carbocycles. The molecule has 4 rings (SSSR count). The van der Waals surface area contributed by atoms with Crippen molar-refractivity contribution in [1.82, 2.24) is 14.9 Å². The molecular formula is C22H28N4O3. The lowest BCUT2D eigenvalue weighted by atomic mass is 9.77. The van der Waals surface area contributed by atoms with Crippen molar-refractivity contribution in [3.8, 4) is 5.75 Å². The van der Waals surface area contributed by atoms with Gasteiger partial charge in [0, 0.05) is 44.4 Å². The number of aryl methyl sites for hydroxylation is 1. The molecule has 0 radical (unpaired) electrons. The second-order valence-electron chi connectivity index (χ2n) is 8.36. The molecule has 2 heterocycles. The summed E-state index contributed by atoms with van der Waals surface area (Å²) >= 11 is 0. The van der Waals surface area contributed by atoms with Crippen molar-refractivity contribution in [1.29, 1.82) is 0 Å². The van der Waals surface area contributed by atoms with Crippen LogP contribution in [0.4, 0.5) is 5.95 Å². The second kappa shape index (κ2) is 7.63. The Morgan fingerprint density at radius 1 is 1.34 bits per heavy atom. The van der Waals surface area contributed by atoms with Gasteiger partial charge in [-0.25, -0.2) is 14.8 Å². The van der Waals surface area contributed by atoms with Gasteiger partial charge in [-0.2, -0.15) is 0 Å². The third-order valence-electron chi connectivity index (χ3n) is 6.20. The van der Waals surface area contributed by atoms with Gasteiger partial charge in [0.25, 0.3) is 0 Å². The topological polar surface area (TPSA) is 78.8 Å². The molecule has 1 fully saturated rings. The molecule has 0 saturated carbocycles. The van der Waals surface area contributed by atoms with Crippen LogP contribution in [-0.2, 0) is 18.4 Å². The number of ether oxygens (including phenoxy) is 1. The van der Waals surface area contributed by atoms with E-state index in [0.717, 1.165) is 56.0 Å². The van der Waals surface area contributed by atoms with Gasteiger partial charge in [-0.15, -0.1) is 0 Å². The minimum absolute atomic E-state index is 0.0545. The maximum absolute atomic E-state index is 11.4. The van der Waals surface area contributed by atoms with E-state index in [1.807, 2.05) is 25.2 Å². The second-order valence-corrected chi connectivity index (χ2v) is 8.36. The number of anilines is 1. The maximum atomic E-state index is 11.4. The highest BCUT2D eigenvalue weighted by atomic mass is 16.5. The summed E-state index contributed by atoms with van der Waals surface area (Å²) in [5, 5.41) is 9.35. The van der Waals surface area contributed by atoms with Crippen molar-refractivity contribution >= 4 is 11.9 Å². The number of aromatic nitrogens is 2. The van der Waals surface area contributed by atoms with Crippen LogP contribution < -0.4 is 9.64 Å². The van der Waals surface area contributed by atoms with E-state index in [4.69, 9.17) is 9.72 Å². The lowest BCUT2D eigenvalue weighted by Crippen LogP contribution is -2.45. The first kappa shape index (κ1) is 19.6. The van der Waals surface area contributed by atoms with Crippen molar-refractivity contribution in [3.63, 3.8) is 0 Å². The monoisotopic (exact) mass is 396 g/mol. The summed E-state index contributed by atoms with van der Waals surface area (Å²) in [5.41, 5.74) is 3.73. The fourth-order valence-electron chi connectivity index (χ4n) is 4.78. The normalized spacial score (nSPS) is 21.2. The van der Waals surface area contributed by atoms with Gasteiger partial charge in [-0.05, 0) is 56.0 Å². The quantitative estimate of drug-likeness (QED) is 0.832. The van der Waals surface area contributed by atoms with Crippen LogP contribution in [0.3, 0.4) is 0 Å². The Hall–Kier alpha value is -2.67. The summed E-state index contributed by atoms with van der Waals surface area (Å²) in [5.74, 6) is 0.582. The van der Waals surface area contributed by atoms with Gasteiger partial charge in [-0.1, -0.05) is 0 Å². The summed E-state index contributed by atoms with van der Waals surface area (Å²) in [6.07, 6.45) is 6.34. The molecule has 154 valence electrons. The van der Waals surface area contributed by atoms with E-state index in [2.05, 4.69) is 9.88 Å². The molecule has 29 heavy (non-hydrogen) atoms. The van der Waals surface area contributed by atoms with Crippen LogP contribution in [0.5, 0.6) is 5.75 Å². The Morgan fingerprint density at radius 3 is 2.90 bits per heavy atom. The van der Waals surface area contributed by atoms with Crippen LogP contribution >= 0.6 is 0 Å². The molecule has 7 heteroatoms. The number of likely N-dealkylation sites (tertiary alicyclic amines) is 1. The molecule has 2 aromatic rings. The van der Waals surface area contributed by atoms with Gasteiger partial charge in [-0.3, -0.25) is 4.90 Å². The van der Waals surface area contributed by atoms with Crippen LogP contribution in [0.2, 0.25) is 0 Å². The fourth-order valence-corrected chi connectivity index (χ4v) is 4.78. The van der Waals surface area contributed by atoms with Crippen molar-refractivity contribution in [2.24, 2.45) is 0 Å². The minimum atomic E-state index is -0.915. The van der Waals surface area contributed by atoms with E-state index in [1.165, 1.54) is 11.3 Å². The van der Waals surface area contributed by atoms with E-state index in [1.54, 1.807) is 25.3 Å². The van der Waals surface area contributed by atoms with E-state index < -0.39 is 5.97 Å². The van der Waals surface area contributed by atoms with Gasteiger partial charge in [0.2, 0.25) is 5.95 Å². The number of nitrogens with zero attached hydrogens (tertiary/aromatic N) is 4. The summed E-state index contributed by atoms with van der Waals surface area (Å²) in [6.45, 7) is 2.58. The smallest absolute Gasteiger partial charge is 0.335 e. The number of methoxy groups -OCH3 is 1. The number of fused-ring (bicyclic) bond motifs is 2. The van der Waals surface area contributed by atoms with Gasteiger partial charge in [0.1, 0.15) is 5.75 Å². The molecule has 1 spiro atoms. The summed E-state index contributed by atoms with van der Waals surface area (Å²) in [7, 11) is 5.57. The largest absolute Gasteiger partial charge is 0.496 e. The number of rotatable bonds is 5. The average Bonchev–Trinajstić information content (AvgIpc) is 3.05. The molecule has 1 aliphatic heterocycles. The number of carbonyl (C=O) groups is 1. The molecule has 1 atom stereocenters. The first-order valence-electron chi connectivity index (χ1n) is 10.1. The zero-order valence-corrected chi connectivity index (χ0v) is 17.3. The molecule has 1 aliphatic carbocycles. The molecular weight excluding hydrogens is 368 g/mol. The lowest BCUT2D eigenvalue weighted by Gasteiger charge is -2.40. The molecule has 7 nitrogen and oxygen atoms in total. The van der Waals surface area contributed by atoms with E-state index in [9.17, 15) is 9.90 Å². The molecule has 0 amide bonds. The third-order valence-corrected chi connectivity index (χ3v) is 6.20. The van der Waals surface area contributed by atoms with Gasteiger partial charge in [0.05, 0.1) is 18.4 Å². The Labute approximate surface area is 171 Å². The molecule has 1 saturated heterocycles. The first-order chi connectivity index (χ1) is 13.9. The number of hydrogen-bond acceptors (Lipinski definition) is 6. The molecule has 1 aromatic heterocycles. The van der Waals surface area contributed by atoms with Crippen LogP contribution in [-0.4, -0.2) is 60.2 Å². The van der Waals surface area contributed by atoms with Crippen LogP contribution in [0.15, 0.2) is 24.4 Å².